The van der Waals surface area contributed by atoms with Crippen LogP contribution in [-0.4, -0.2) is 29.1 Å². The predicted octanol–water partition coefficient (Wildman–Crippen LogP) is 3.03. The van der Waals surface area contributed by atoms with Gasteiger partial charge in [-0.2, -0.15) is 0 Å². The second-order valence-corrected chi connectivity index (χ2v) is 6.28. The predicted molar refractivity (Wildman–Crippen MR) is 94.1 cm³/mol. The Bertz CT molecular complexity index is 880. The summed E-state index contributed by atoms with van der Waals surface area (Å²) < 4.78 is 2.13. The first-order valence-corrected chi connectivity index (χ1v) is 8.40. The smallest absolute Gasteiger partial charge is 0.211 e. The molecule has 0 atom stereocenters. The van der Waals surface area contributed by atoms with Crippen molar-refractivity contribution in [3.8, 4) is 5.13 Å². The van der Waals surface area contributed by atoms with E-state index in [2.05, 4.69) is 32.5 Å². The van der Waals surface area contributed by atoms with E-state index in [9.17, 15) is 4.79 Å². The highest BCUT2D eigenvalue weighted by Gasteiger charge is 2.16. The van der Waals surface area contributed by atoms with E-state index in [0.29, 0.717) is 6.41 Å². The van der Waals surface area contributed by atoms with E-state index in [1.165, 1.54) is 11.1 Å². The minimum absolute atomic E-state index is 0.711. The maximum Gasteiger partial charge on any atom is 0.211 e. The molecule has 3 aromatic rings. The molecule has 2 N–H and O–H groups in total. The van der Waals surface area contributed by atoms with Crippen LogP contribution in [0.15, 0.2) is 42.0 Å². The number of hydrogen-bond donors (Lipinski definition) is 2. The number of anilines is 1. The molecule has 0 fully saturated rings. The number of nitrogens with one attached hydrogen (secondary N) is 2. The van der Waals surface area contributed by atoms with Gasteiger partial charge in [0.15, 0.2) is 5.13 Å². The molecule has 0 saturated carbocycles. The zero-order valence-corrected chi connectivity index (χ0v) is 13.3. The minimum Gasteiger partial charge on any atom is -0.329 e. The third-order valence-electron chi connectivity index (χ3n) is 4.07. The van der Waals surface area contributed by atoms with E-state index in [-0.39, 0.29) is 0 Å². The molecule has 6 heteroatoms. The fraction of sp³-hybridized carbons (Fsp3) is 0.176. The number of aromatic nitrogens is 2. The van der Waals surface area contributed by atoms with Crippen molar-refractivity contribution in [3.05, 3.63) is 47.6 Å². The Morgan fingerprint density at radius 2 is 2.35 bits per heavy atom. The van der Waals surface area contributed by atoms with Gasteiger partial charge in [0.1, 0.15) is 0 Å². The van der Waals surface area contributed by atoms with Crippen molar-refractivity contribution >= 4 is 39.9 Å². The van der Waals surface area contributed by atoms with Crippen molar-refractivity contribution < 1.29 is 4.79 Å². The molecule has 1 aromatic carbocycles. The molecular weight excluding hydrogens is 308 g/mol. The number of carbonyl (C=O) groups is 1. The Kier molecular flexibility index (Phi) is 3.69. The van der Waals surface area contributed by atoms with Crippen LogP contribution in [0.5, 0.6) is 0 Å². The van der Waals surface area contributed by atoms with Crippen LogP contribution in [0, 0.1) is 0 Å². The SMILES string of the molecule is O=CNc1ccc2c(c1)c(C1=CCNCC1)cn2-c1nccs1. The Morgan fingerprint density at radius 1 is 1.39 bits per heavy atom. The second-order valence-electron chi connectivity index (χ2n) is 5.41. The Balaban J connectivity index is 1.94. The summed E-state index contributed by atoms with van der Waals surface area (Å²) in [4.78, 5) is 15.2. The van der Waals surface area contributed by atoms with Crippen LogP contribution in [0.3, 0.4) is 0 Å². The van der Waals surface area contributed by atoms with Crippen molar-refractivity contribution in [1.29, 1.82) is 0 Å². The van der Waals surface area contributed by atoms with Gasteiger partial charge in [-0.15, -0.1) is 11.3 Å². The average Bonchev–Trinajstić information content (AvgIpc) is 3.23. The Morgan fingerprint density at radius 3 is 3.09 bits per heavy atom. The van der Waals surface area contributed by atoms with Crippen molar-refractivity contribution in [3.63, 3.8) is 0 Å². The first kappa shape index (κ1) is 14.2. The molecule has 0 radical (unpaired) electrons. The van der Waals surface area contributed by atoms with Crippen LogP contribution >= 0.6 is 11.3 Å². The van der Waals surface area contributed by atoms with Gasteiger partial charge in [0, 0.05) is 41.0 Å². The Hall–Kier alpha value is -2.44. The molecule has 2 aromatic heterocycles. The largest absolute Gasteiger partial charge is 0.329 e. The average molecular weight is 324 g/mol. The van der Waals surface area contributed by atoms with Crippen LogP contribution in [0.25, 0.3) is 21.6 Å². The summed E-state index contributed by atoms with van der Waals surface area (Å²) in [5, 5.41) is 10.2. The maximum absolute atomic E-state index is 10.7. The van der Waals surface area contributed by atoms with Crippen molar-refractivity contribution in [1.82, 2.24) is 14.9 Å². The monoisotopic (exact) mass is 324 g/mol. The fourth-order valence-corrected chi connectivity index (χ4v) is 3.63. The second kappa shape index (κ2) is 5.98. The molecule has 4 rings (SSSR count). The van der Waals surface area contributed by atoms with E-state index < -0.39 is 0 Å². The number of hydrogen-bond acceptors (Lipinski definition) is 4. The molecule has 1 aliphatic rings. The molecule has 0 bridgehead atoms. The highest BCUT2D eigenvalue weighted by Crippen LogP contribution is 2.33. The number of fused-ring (bicyclic) bond motifs is 1. The maximum atomic E-state index is 10.7. The molecular formula is C17H16N4OS. The lowest BCUT2D eigenvalue weighted by atomic mass is 9.99. The first-order chi connectivity index (χ1) is 11.4. The van der Waals surface area contributed by atoms with E-state index in [1.807, 2.05) is 29.8 Å². The highest BCUT2D eigenvalue weighted by molar-refractivity contribution is 7.12. The zero-order chi connectivity index (χ0) is 15.6. The van der Waals surface area contributed by atoms with Crippen molar-refractivity contribution in [2.45, 2.75) is 6.42 Å². The summed E-state index contributed by atoms with van der Waals surface area (Å²) in [6.45, 7) is 1.88. The molecule has 0 spiro atoms. The number of rotatable bonds is 4. The summed E-state index contributed by atoms with van der Waals surface area (Å²) in [7, 11) is 0. The topological polar surface area (TPSA) is 59.0 Å². The quantitative estimate of drug-likeness (QED) is 0.725. The number of amides is 1. The number of benzene rings is 1. The summed E-state index contributed by atoms with van der Waals surface area (Å²) >= 11 is 1.61. The fourth-order valence-electron chi connectivity index (χ4n) is 3.00. The van der Waals surface area contributed by atoms with Gasteiger partial charge in [-0.3, -0.25) is 9.36 Å². The molecule has 0 saturated heterocycles. The zero-order valence-electron chi connectivity index (χ0n) is 12.5. The number of thiazole rings is 1. The molecule has 3 heterocycles. The third kappa shape index (κ3) is 2.56. The molecule has 0 aliphatic carbocycles. The Labute approximate surface area is 137 Å². The lowest BCUT2D eigenvalue weighted by molar-refractivity contribution is -0.105. The van der Waals surface area contributed by atoms with Gasteiger partial charge in [0.05, 0.1) is 5.52 Å². The lowest BCUT2D eigenvalue weighted by Gasteiger charge is -2.13. The van der Waals surface area contributed by atoms with Gasteiger partial charge in [-0.05, 0) is 36.7 Å². The lowest BCUT2D eigenvalue weighted by Crippen LogP contribution is -2.19. The van der Waals surface area contributed by atoms with E-state index in [0.717, 1.165) is 41.2 Å². The molecule has 1 amide bonds. The summed E-state index contributed by atoms with van der Waals surface area (Å²) in [6, 6.07) is 5.99. The summed E-state index contributed by atoms with van der Waals surface area (Å²) in [5.41, 5.74) is 4.46. The van der Waals surface area contributed by atoms with E-state index >= 15 is 0 Å². The molecule has 5 nitrogen and oxygen atoms in total. The normalized spacial score (nSPS) is 14.7. The minimum atomic E-state index is 0.711. The van der Waals surface area contributed by atoms with Gasteiger partial charge in [-0.25, -0.2) is 4.98 Å². The molecule has 1 aliphatic heterocycles. The van der Waals surface area contributed by atoms with Gasteiger partial charge >= 0.3 is 0 Å². The van der Waals surface area contributed by atoms with Crippen LogP contribution < -0.4 is 10.6 Å². The van der Waals surface area contributed by atoms with Crippen LogP contribution in [-0.2, 0) is 4.79 Å². The molecule has 23 heavy (non-hydrogen) atoms. The van der Waals surface area contributed by atoms with E-state index in [4.69, 9.17) is 0 Å². The van der Waals surface area contributed by atoms with Gasteiger partial charge < -0.3 is 10.6 Å². The standard InChI is InChI=1S/C17H16N4OS/c22-11-20-13-1-2-16-14(9-13)15(12-3-5-18-6-4-12)10-21(16)17-19-7-8-23-17/h1-3,7-11,18H,4-6H2,(H,20,22). The van der Waals surface area contributed by atoms with Crippen molar-refractivity contribution in [2.75, 3.05) is 18.4 Å². The first-order valence-electron chi connectivity index (χ1n) is 7.52. The summed E-state index contributed by atoms with van der Waals surface area (Å²) in [6.07, 6.45) is 7.93. The van der Waals surface area contributed by atoms with Gasteiger partial charge in [0.2, 0.25) is 6.41 Å². The van der Waals surface area contributed by atoms with Crippen molar-refractivity contribution in [2.24, 2.45) is 0 Å². The molecule has 0 unspecified atom stereocenters. The third-order valence-corrected chi connectivity index (χ3v) is 4.84. The van der Waals surface area contributed by atoms with E-state index in [1.54, 1.807) is 11.3 Å². The number of nitrogens with zero attached hydrogens (tertiary/aromatic N) is 2. The van der Waals surface area contributed by atoms with Gasteiger partial charge in [0.25, 0.3) is 0 Å². The van der Waals surface area contributed by atoms with Crippen LogP contribution in [0.2, 0.25) is 0 Å². The van der Waals surface area contributed by atoms with Crippen LogP contribution in [0.4, 0.5) is 5.69 Å². The van der Waals surface area contributed by atoms with Gasteiger partial charge in [-0.1, -0.05) is 6.08 Å². The van der Waals surface area contributed by atoms with Crippen LogP contribution in [0.1, 0.15) is 12.0 Å². The number of carbonyl (C=O) groups excluding carboxylic acids is 1. The molecule has 116 valence electrons. The summed E-state index contributed by atoms with van der Waals surface area (Å²) in [5.74, 6) is 0. The highest BCUT2D eigenvalue weighted by atomic mass is 32.1.